The number of pyridine rings is 1. The van der Waals surface area contributed by atoms with Crippen LogP contribution in [0.3, 0.4) is 0 Å². The van der Waals surface area contributed by atoms with E-state index in [1.54, 1.807) is 12.3 Å². The number of carbonyl (C=O) groups excluding carboxylic acids is 1. The fourth-order valence-electron chi connectivity index (χ4n) is 1.84. The van der Waals surface area contributed by atoms with Crippen LogP contribution in [0.25, 0.3) is 0 Å². The van der Waals surface area contributed by atoms with Gasteiger partial charge >= 0.3 is 5.97 Å². The van der Waals surface area contributed by atoms with Gasteiger partial charge in [-0.15, -0.1) is 0 Å². The van der Waals surface area contributed by atoms with Gasteiger partial charge in [-0.1, -0.05) is 36.4 Å². The van der Waals surface area contributed by atoms with Gasteiger partial charge in [-0.2, -0.15) is 0 Å². The van der Waals surface area contributed by atoms with Gasteiger partial charge in [-0.05, 0) is 17.5 Å². The molecule has 0 saturated heterocycles. The second-order valence-corrected chi connectivity index (χ2v) is 4.61. The van der Waals surface area contributed by atoms with Gasteiger partial charge in [0.2, 0.25) is 5.88 Å². The van der Waals surface area contributed by atoms with Crippen LogP contribution in [0.15, 0.2) is 48.7 Å². The second-order valence-electron chi connectivity index (χ2n) is 4.61. The minimum absolute atomic E-state index is 0.388. The fourth-order valence-corrected chi connectivity index (χ4v) is 1.84. The Kier molecular flexibility index (Phi) is 5.29. The van der Waals surface area contributed by atoms with Crippen LogP contribution in [0.1, 0.15) is 11.1 Å². The van der Waals surface area contributed by atoms with E-state index in [0.717, 1.165) is 11.1 Å². The average Bonchev–Trinajstić information content (AvgIpc) is 2.54. The van der Waals surface area contributed by atoms with Crippen molar-refractivity contribution in [2.75, 3.05) is 7.11 Å². The molecule has 0 bridgehead atoms. The van der Waals surface area contributed by atoms with E-state index in [0.29, 0.717) is 18.9 Å². The highest BCUT2D eigenvalue weighted by molar-refractivity contribution is 5.75. The van der Waals surface area contributed by atoms with Crippen molar-refractivity contribution >= 4 is 5.97 Å². The minimum atomic E-state index is -0.673. The third-order valence-corrected chi connectivity index (χ3v) is 2.99. The molecule has 21 heavy (non-hydrogen) atoms. The lowest BCUT2D eigenvalue weighted by Gasteiger charge is -2.09. The van der Waals surface area contributed by atoms with Crippen LogP contribution in [0.2, 0.25) is 0 Å². The maximum atomic E-state index is 11.3. The van der Waals surface area contributed by atoms with Crippen molar-refractivity contribution < 1.29 is 14.3 Å². The van der Waals surface area contributed by atoms with Crippen molar-refractivity contribution in [2.24, 2.45) is 5.73 Å². The smallest absolute Gasteiger partial charge is 0.322 e. The number of hydrogen-bond donors (Lipinski definition) is 1. The molecular formula is C16H18N2O3. The first kappa shape index (κ1) is 15.0. The molecule has 0 aliphatic heterocycles. The maximum absolute atomic E-state index is 11.3. The van der Waals surface area contributed by atoms with Crippen molar-refractivity contribution in [1.82, 2.24) is 4.98 Å². The summed E-state index contributed by atoms with van der Waals surface area (Å²) in [5.41, 5.74) is 7.64. The molecule has 110 valence electrons. The van der Waals surface area contributed by atoms with Crippen molar-refractivity contribution in [1.29, 1.82) is 0 Å². The lowest BCUT2D eigenvalue weighted by Crippen LogP contribution is -2.33. The van der Waals surface area contributed by atoms with Gasteiger partial charge in [0, 0.05) is 12.3 Å². The predicted molar refractivity (Wildman–Crippen MR) is 78.7 cm³/mol. The van der Waals surface area contributed by atoms with Crippen LogP contribution in [0, 0.1) is 0 Å². The van der Waals surface area contributed by atoms with Crippen LogP contribution in [-0.2, 0) is 22.6 Å². The van der Waals surface area contributed by atoms with Crippen LogP contribution >= 0.6 is 0 Å². The zero-order valence-electron chi connectivity index (χ0n) is 11.9. The van der Waals surface area contributed by atoms with Gasteiger partial charge in [-0.25, -0.2) is 4.98 Å². The molecule has 1 heterocycles. The first-order chi connectivity index (χ1) is 10.2. The van der Waals surface area contributed by atoms with E-state index in [2.05, 4.69) is 9.72 Å². The molecule has 0 spiro atoms. The standard InChI is InChI=1S/C16H18N2O3/c1-20-16(19)14(17)9-13-7-8-15(18-10-13)21-11-12-5-3-2-4-6-12/h2-8,10,14H,9,11,17H2,1H3/t14-/m1/s1. The monoisotopic (exact) mass is 286 g/mol. The summed E-state index contributed by atoms with van der Waals surface area (Å²) in [6, 6.07) is 12.8. The number of methoxy groups -OCH3 is 1. The minimum Gasteiger partial charge on any atom is -0.473 e. The molecule has 0 aliphatic carbocycles. The molecule has 2 rings (SSSR count). The molecule has 0 fully saturated rings. The van der Waals surface area contributed by atoms with E-state index in [1.165, 1.54) is 7.11 Å². The zero-order valence-corrected chi connectivity index (χ0v) is 11.9. The maximum Gasteiger partial charge on any atom is 0.322 e. The molecule has 1 aromatic carbocycles. The summed E-state index contributed by atoms with van der Waals surface area (Å²) >= 11 is 0. The van der Waals surface area contributed by atoms with Crippen LogP contribution in [0.4, 0.5) is 0 Å². The SMILES string of the molecule is COC(=O)[C@H](N)Cc1ccc(OCc2ccccc2)nc1. The van der Waals surface area contributed by atoms with Crippen molar-refractivity contribution in [3.63, 3.8) is 0 Å². The van der Waals surface area contributed by atoms with Crippen LogP contribution in [-0.4, -0.2) is 24.1 Å². The topological polar surface area (TPSA) is 74.4 Å². The lowest BCUT2D eigenvalue weighted by atomic mass is 10.1. The molecule has 2 aromatic rings. The Morgan fingerprint density at radius 3 is 2.57 bits per heavy atom. The molecular weight excluding hydrogens is 268 g/mol. The summed E-state index contributed by atoms with van der Waals surface area (Å²) in [4.78, 5) is 15.5. The van der Waals surface area contributed by atoms with Gasteiger partial charge in [0.25, 0.3) is 0 Å². The number of hydrogen-bond acceptors (Lipinski definition) is 5. The van der Waals surface area contributed by atoms with Crippen molar-refractivity contribution in [3.05, 3.63) is 59.8 Å². The van der Waals surface area contributed by atoms with Gasteiger partial charge in [0.1, 0.15) is 12.6 Å². The molecule has 0 amide bonds. The van der Waals surface area contributed by atoms with E-state index in [4.69, 9.17) is 10.5 Å². The molecule has 0 unspecified atom stereocenters. The summed E-state index contributed by atoms with van der Waals surface area (Å²) < 4.78 is 10.2. The molecule has 0 saturated carbocycles. The Bertz CT molecular complexity index is 570. The summed E-state index contributed by atoms with van der Waals surface area (Å²) in [5, 5.41) is 0. The highest BCUT2D eigenvalue weighted by atomic mass is 16.5. The van der Waals surface area contributed by atoms with Crippen molar-refractivity contribution in [3.8, 4) is 5.88 Å². The first-order valence-corrected chi connectivity index (χ1v) is 6.64. The third-order valence-electron chi connectivity index (χ3n) is 2.99. The normalized spacial score (nSPS) is 11.7. The Morgan fingerprint density at radius 1 is 1.19 bits per heavy atom. The number of ether oxygens (including phenoxy) is 2. The number of nitrogens with two attached hydrogens (primary N) is 1. The molecule has 0 aliphatic rings. The van der Waals surface area contributed by atoms with Gasteiger partial charge < -0.3 is 15.2 Å². The van der Waals surface area contributed by atoms with Crippen LogP contribution in [0.5, 0.6) is 5.88 Å². The van der Waals surface area contributed by atoms with Crippen LogP contribution < -0.4 is 10.5 Å². The number of aromatic nitrogens is 1. The van der Waals surface area contributed by atoms with E-state index < -0.39 is 12.0 Å². The number of esters is 1. The Balaban J connectivity index is 1.88. The third kappa shape index (κ3) is 4.57. The van der Waals surface area contributed by atoms with Gasteiger partial charge in [0.05, 0.1) is 7.11 Å². The number of nitrogens with zero attached hydrogens (tertiary/aromatic N) is 1. The number of carbonyl (C=O) groups is 1. The Hall–Kier alpha value is -2.40. The fraction of sp³-hybridized carbons (Fsp3) is 0.250. The quantitative estimate of drug-likeness (QED) is 0.818. The van der Waals surface area contributed by atoms with Crippen molar-refractivity contribution in [2.45, 2.75) is 19.1 Å². The summed E-state index contributed by atoms with van der Waals surface area (Å²) in [5.74, 6) is 0.105. The second kappa shape index (κ2) is 7.40. The number of rotatable bonds is 6. The zero-order chi connectivity index (χ0) is 15.1. The highest BCUT2D eigenvalue weighted by Crippen LogP contribution is 2.11. The lowest BCUT2D eigenvalue weighted by molar-refractivity contribution is -0.142. The molecule has 1 atom stereocenters. The van der Waals surface area contributed by atoms with E-state index >= 15 is 0 Å². The Labute approximate surface area is 123 Å². The molecule has 0 radical (unpaired) electrons. The van der Waals surface area contributed by atoms with E-state index in [-0.39, 0.29) is 0 Å². The largest absolute Gasteiger partial charge is 0.473 e. The molecule has 5 heteroatoms. The molecule has 1 aromatic heterocycles. The molecule has 2 N–H and O–H groups in total. The predicted octanol–water partition coefficient (Wildman–Crippen LogP) is 1.70. The summed E-state index contributed by atoms with van der Waals surface area (Å²) in [6.45, 7) is 0.467. The summed E-state index contributed by atoms with van der Waals surface area (Å²) in [7, 11) is 1.32. The number of benzene rings is 1. The van der Waals surface area contributed by atoms with Gasteiger partial charge in [-0.3, -0.25) is 4.79 Å². The highest BCUT2D eigenvalue weighted by Gasteiger charge is 2.14. The van der Waals surface area contributed by atoms with E-state index in [1.807, 2.05) is 36.4 Å². The summed E-state index contributed by atoms with van der Waals surface area (Å²) in [6.07, 6.45) is 2.04. The Morgan fingerprint density at radius 2 is 1.95 bits per heavy atom. The van der Waals surface area contributed by atoms with Gasteiger partial charge in [0.15, 0.2) is 0 Å². The molecule has 5 nitrogen and oxygen atoms in total. The first-order valence-electron chi connectivity index (χ1n) is 6.64. The van der Waals surface area contributed by atoms with E-state index in [9.17, 15) is 4.79 Å². The average molecular weight is 286 g/mol.